The van der Waals surface area contributed by atoms with Gasteiger partial charge in [-0.3, -0.25) is 19.7 Å². The Morgan fingerprint density at radius 2 is 1.82 bits per heavy atom. The number of hydrogen-bond acceptors (Lipinski definition) is 5. The molecule has 0 aromatic heterocycles. The fourth-order valence-corrected chi connectivity index (χ4v) is 3.38. The van der Waals surface area contributed by atoms with Gasteiger partial charge in [0.1, 0.15) is 17.3 Å². The zero-order valence-electron chi connectivity index (χ0n) is 17.5. The monoisotopic (exact) mass is 547 g/mol. The molecule has 0 saturated carbocycles. The van der Waals surface area contributed by atoms with Gasteiger partial charge in [-0.1, -0.05) is 27.5 Å². The lowest BCUT2D eigenvalue weighted by molar-refractivity contribution is -0.384. The first-order valence-electron chi connectivity index (χ1n) is 9.55. The van der Waals surface area contributed by atoms with E-state index in [1.807, 2.05) is 0 Å². The Morgan fingerprint density at radius 3 is 2.44 bits per heavy atom. The Hall–Kier alpha value is -3.76. The summed E-state index contributed by atoms with van der Waals surface area (Å²) in [6.45, 7) is 0. The van der Waals surface area contributed by atoms with Gasteiger partial charge in [0.2, 0.25) is 0 Å². The number of nitrogens with zero attached hydrogens (tertiary/aromatic N) is 1. The van der Waals surface area contributed by atoms with Crippen molar-refractivity contribution in [2.75, 3.05) is 12.4 Å². The van der Waals surface area contributed by atoms with Gasteiger partial charge < -0.3 is 15.4 Å². The van der Waals surface area contributed by atoms with Crippen LogP contribution in [0.3, 0.4) is 0 Å². The molecule has 2 amide bonds. The molecule has 0 saturated heterocycles. The van der Waals surface area contributed by atoms with E-state index in [0.29, 0.717) is 10.0 Å². The van der Waals surface area contributed by atoms with Crippen molar-refractivity contribution in [2.45, 2.75) is 0 Å². The van der Waals surface area contributed by atoms with Gasteiger partial charge >= 0.3 is 0 Å². The highest BCUT2D eigenvalue weighted by Crippen LogP contribution is 2.24. The zero-order valence-corrected chi connectivity index (χ0v) is 19.8. The number of benzene rings is 3. The maximum atomic E-state index is 13.5. The predicted octanol–water partition coefficient (Wildman–Crippen LogP) is 5.57. The molecule has 0 aliphatic rings. The third kappa shape index (κ3) is 6.18. The molecule has 0 heterocycles. The summed E-state index contributed by atoms with van der Waals surface area (Å²) in [5.74, 6) is -1.75. The minimum absolute atomic E-state index is 0.132. The average Bonchev–Trinajstić information content (AvgIpc) is 2.81. The highest BCUT2D eigenvalue weighted by molar-refractivity contribution is 9.10. The molecular weight excluding hydrogens is 533 g/mol. The van der Waals surface area contributed by atoms with Crippen LogP contribution in [-0.2, 0) is 4.79 Å². The minimum Gasteiger partial charge on any atom is -0.496 e. The predicted molar refractivity (Wildman–Crippen MR) is 129 cm³/mol. The second-order valence-corrected chi connectivity index (χ2v) is 8.11. The molecule has 0 atom stereocenters. The molecule has 0 fully saturated rings. The SMILES string of the molecule is COc1ccc(Br)cc1C(=O)NC(=Cc1ccc([N+](=O)[O-])cc1)C(=O)Nc1ccc(F)c(Cl)c1. The number of nitro benzene ring substituents is 1. The molecule has 0 spiro atoms. The molecule has 174 valence electrons. The van der Waals surface area contributed by atoms with E-state index in [1.54, 1.807) is 12.1 Å². The molecule has 3 aromatic rings. The van der Waals surface area contributed by atoms with Gasteiger partial charge in [-0.05, 0) is 60.2 Å². The third-order valence-electron chi connectivity index (χ3n) is 4.49. The van der Waals surface area contributed by atoms with E-state index in [9.17, 15) is 24.1 Å². The summed E-state index contributed by atoms with van der Waals surface area (Å²) in [6, 6.07) is 13.8. The van der Waals surface area contributed by atoms with E-state index in [0.717, 1.165) is 6.07 Å². The lowest BCUT2D eigenvalue weighted by Crippen LogP contribution is -2.31. The van der Waals surface area contributed by atoms with E-state index >= 15 is 0 Å². The summed E-state index contributed by atoms with van der Waals surface area (Å²) in [4.78, 5) is 36.3. The zero-order chi connectivity index (χ0) is 24.8. The van der Waals surface area contributed by atoms with Crippen LogP contribution in [0.4, 0.5) is 15.8 Å². The van der Waals surface area contributed by atoms with Crippen molar-refractivity contribution in [1.82, 2.24) is 5.32 Å². The molecule has 34 heavy (non-hydrogen) atoms. The van der Waals surface area contributed by atoms with Crippen LogP contribution in [-0.4, -0.2) is 23.8 Å². The number of non-ortho nitro benzene ring substituents is 1. The Bertz CT molecular complexity index is 1300. The third-order valence-corrected chi connectivity index (χ3v) is 5.27. The molecule has 2 N–H and O–H groups in total. The number of carbonyl (C=O) groups excluding carboxylic acids is 2. The van der Waals surface area contributed by atoms with Crippen LogP contribution in [0.15, 0.2) is 70.8 Å². The molecule has 11 heteroatoms. The summed E-state index contributed by atoms with van der Waals surface area (Å²) in [5.41, 5.74) is 0.451. The first-order valence-corrected chi connectivity index (χ1v) is 10.7. The Morgan fingerprint density at radius 1 is 1.12 bits per heavy atom. The maximum Gasteiger partial charge on any atom is 0.272 e. The Labute approximate surface area is 206 Å². The van der Waals surface area contributed by atoms with Crippen LogP contribution in [0.5, 0.6) is 5.75 Å². The number of ether oxygens (including phenoxy) is 1. The number of nitro groups is 1. The first kappa shape index (κ1) is 24.9. The van der Waals surface area contributed by atoms with Crippen molar-refractivity contribution in [3.05, 3.63) is 103 Å². The van der Waals surface area contributed by atoms with Crippen molar-refractivity contribution in [3.8, 4) is 5.75 Å². The second kappa shape index (κ2) is 10.9. The second-order valence-electron chi connectivity index (χ2n) is 6.79. The van der Waals surface area contributed by atoms with Gasteiger partial charge in [0.15, 0.2) is 0 Å². The van der Waals surface area contributed by atoms with Crippen molar-refractivity contribution >= 4 is 56.8 Å². The molecule has 0 bridgehead atoms. The van der Waals surface area contributed by atoms with Gasteiger partial charge in [0.25, 0.3) is 17.5 Å². The summed E-state index contributed by atoms with van der Waals surface area (Å²) < 4.78 is 19.3. The summed E-state index contributed by atoms with van der Waals surface area (Å²) in [7, 11) is 1.40. The van der Waals surface area contributed by atoms with Crippen LogP contribution in [0.2, 0.25) is 5.02 Å². The van der Waals surface area contributed by atoms with Crippen LogP contribution in [0, 0.1) is 15.9 Å². The molecule has 3 rings (SSSR count). The Balaban J connectivity index is 1.96. The number of hydrogen-bond donors (Lipinski definition) is 2. The van der Waals surface area contributed by atoms with Crippen LogP contribution < -0.4 is 15.4 Å². The molecule has 3 aromatic carbocycles. The van der Waals surface area contributed by atoms with Crippen molar-refractivity contribution < 1.29 is 23.6 Å². The molecule has 0 aliphatic carbocycles. The van der Waals surface area contributed by atoms with Crippen molar-refractivity contribution in [1.29, 1.82) is 0 Å². The number of nitrogens with one attached hydrogen (secondary N) is 2. The van der Waals surface area contributed by atoms with Crippen molar-refractivity contribution in [2.24, 2.45) is 0 Å². The van der Waals surface area contributed by atoms with Crippen LogP contribution >= 0.6 is 27.5 Å². The van der Waals surface area contributed by atoms with E-state index in [2.05, 4.69) is 26.6 Å². The van der Waals surface area contributed by atoms with Gasteiger partial charge in [-0.15, -0.1) is 0 Å². The van der Waals surface area contributed by atoms with Gasteiger partial charge in [0, 0.05) is 22.3 Å². The molecule has 0 aliphatic heterocycles. The Kier molecular flexibility index (Phi) is 7.98. The summed E-state index contributed by atoms with van der Waals surface area (Å²) in [6.07, 6.45) is 1.34. The number of rotatable bonds is 7. The number of halogens is 3. The fraction of sp³-hybridized carbons (Fsp3) is 0.0435. The number of amides is 2. The largest absolute Gasteiger partial charge is 0.496 e. The first-order chi connectivity index (χ1) is 16.2. The quantitative estimate of drug-likeness (QED) is 0.228. The number of carbonyl (C=O) groups is 2. The fourth-order valence-electron chi connectivity index (χ4n) is 2.84. The number of anilines is 1. The normalized spacial score (nSPS) is 11.0. The highest BCUT2D eigenvalue weighted by atomic mass is 79.9. The molecule has 0 radical (unpaired) electrons. The summed E-state index contributed by atoms with van der Waals surface area (Å²) in [5, 5.41) is 15.8. The maximum absolute atomic E-state index is 13.5. The topological polar surface area (TPSA) is 111 Å². The van der Waals surface area contributed by atoms with Gasteiger partial charge in [-0.2, -0.15) is 0 Å². The number of methoxy groups -OCH3 is 1. The van der Waals surface area contributed by atoms with Crippen LogP contribution in [0.25, 0.3) is 6.08 Å². The standard InChI is InChI=1S/C23H16BrClFN3O5/c1-34-21-9-4-14(24)11-17(21)22(30)28-20(10-13-2-6-16(7-3-13)29(32)33)23(31)27-15-5-8-19(26)18(25)12-15/h2-12H,1H3,(H,27,31)(H,28,30). The summed E-state index contributed by atoms with van der Waals surface area (Å²) >= 11 is 9.07. The van der Waals surface area contributed by atoms with Crippen molar-refractivity contribution in [3.63, 3.8) is 0 Å². The molecule has 0 unspecified atom stereocenters. The average molecular weight is 549 g/mol. The van der Waals surface area contributed by atoms with Crippen LogP contribution in [0.1, 0.15) is 15.9 Å². The highest BCUT2D eigenvalue weighted by Gasteiger charge is 2.19. The van der Waals surface area contributed by atoms with E-state index in [4.69, 9.17) is 16.3 Å². The minimum atomic E-state index is -0.733. The smallest absolute Gasteiger partial charge is 0.272 e. The molecular formula is C23H16BrClFN3O5. The van der Waals surface area contributed by atoms with E-state index in [-0.39, 0.29) is 33.4 Å². The van der Waals surface area contributed by atoms with Gasteiger partial charge in [-0.25, -0.2) is 4.39 Å². The lowest BCUT2D eigenvalue weighted by Gasteiger charge is -2.13. The van der Waals surface area contributed by atoms with E-state index < -0.39 is 22.6 Å². The van der Waals surface area contributed by atoms with E-state index in [1.165, 1.54) is 55.7 Å². The lowest BCUT2D eigenvalue weighted by atomic mass is 10.1. The molecule has 8 nitrogen and oxygen atoms in total. The van der Waals surface area contributed by atoms with Gasteiger partial charge in [0.05, 0.1) is 22.6 Å².